The van der Waals surface area contributed by atoms with Gasteiger partial charge in [0, 0.05) is 25.7 Å². The molecular weight excluding hydrogens is 262 g/mol. The lowest BCUT2D eigenvalue weighted by Crippen LogP contribution is -2.51. The van der Waals surface area contributed by atoms with Crippen LogP contribution in [0.25, 0.3) is 0 Å². The second-order valence-corrected chi connectivity index (χ2v) is 5.87. The predicted molar refractivity (Wildman–Crippen MR) is 77.1 cm³/mol. The van der Waals surface area contributed by atoms with E-state index >= 15 is 0 Å². The van der Waals surface area contributed by atoms with E-state index in [0.717, 1.165) is 36.9 Å². The van der Waals surface area contributed by atoms with Gasteiger partial charge >= 0.3 is 5.97 Å². The third-order valence-corrected chi connectivity index (χ3v) is 4.87. The molecule has 0 radical (unpaired) electrons. The smallest absolute Gasteiger partial charge is 0.350 e. The first kappa shape index (κ1) is 14.3. The summed E-state index contributed by atoms with van der Waals surface area (Å²) in [6.45, 7) is 7.03. The fourth-order valence-electron chi connectivity index (χ4n) is 2.36. The van der Waals surface area contributed by atoms with Crippen LogP contribution in [0.2, 0.25) is 0 Å². The van der Waals surface area contributed by atoms with Gasteiger partial charge in [0.2, 0.25) is 0 Å². The molecule has 0 bridgehead atoms. The van der Waals surface area contributed by atoms with Crippen molar-refractivity contribution < 1.29 is 9.53 Å². The first-order valence-corrected chi connectivity index (χ1v) is 7.39. The van der Waals surface area contributed by atoms with Crippen LogP contribution in [0.1, 0.15) is 28.7 Å². The van der Waals surface area contributed by atoms with Crippen molar-refractivity contribution in [2.24, 2.45) is 0 Å². The van der Waals surface area contributed by atoms with E-state index in [-0.39, 0.29) is 5.97 Å². The molecular formula is C13H21N3O2S. The number of hydrogen-bond acceptors (Lipinski definition) is 6. The predicted octanol–water partition coefficient (Wildman–Crippen LogP) is 1.77. The highest BCUT2D eigenvalue weighted by atomic mass is 32.1. The molecule has 2 heterocycles. The summed E-state index contributed by atoms with van der Waals surface area (Å²) >= 11 is 1.43. The largest absolute Gasteiger partial charge is 0.465 e. The molecule has 1 aromatic rings. The molecule has 0 N–H and O–H groups in total. The molecule has 1 unspecified atom stereocenters. The number of carbonyl (C=O) groups excluding carboxylic acids is 1. The molecule has 1 fully saturated rings. The number of hydrogen-bond donors (Lipinski definition) is 0. The summed E-state index contributed by atoms with van der Waals surface area (Å²) in [5.41, 5.74) is 0.763. The van der Waals surface area contributed by atoms with Crippen molar-refractivity contribution in [1.82, 2.24) is 9.88 Å². The van der Waals surface area contributed by atoms with Crippen LogP contribution in [0.15, 0.2) is 0 Å². The van der Waals surface area contributed by atoms with Crippen molar-refractivity contribution in [2.45, 2.75) is 26.3 Å². The molecule has 5 nitrogen and oxygen atoms in total. The zero-order chi connectivity index (χ0) is 14.0. The van der Waals surface area contributed by atoms with E-state index in [9.17, 15) is 4.79 Å². The number of anilines is 1. The fraction of sp³-hybridized carbons (Fsp3) is 0.692. The lowest BCUT2D eigenvalue weighted by atomic mass is 10.1. The summed E-state index contributed by atoms with van der Waals surface area (Å²) in [7, 11) is 3.57. The minimum Gasteiger partial charge on any atom is -0.465 e. The van der Waals surface area contributed by atoms with Crippen LogP contribution in [0.5, 0.6) is 0 Å². The highest BCUT2D eigenvalue weighted by molar-refractivity contribution is 7.17. The number of aryl methyl sites for hydroxylation is 1. The third-order valence-electron chi connectivity index (χ3n) is 3.67. The Hall–Kier alpha value is -1.14. The molecule has 1 saturated heterocycles. The molecule has 0 saturated carbocycles. The minimum atomic E-state index is -0.289. The zero-order valence-electron chi connectivity index (χ0n) is 12.0. The minimum absolute atomic E-state index is 0.289. The van der Waals surface area contributed by atoms with Gasteiger partial charge in [0.05, 0.1) is 12.8 Å². The van der Waals surface area contributed by atoms with Crippen molar-refractivity contribution in [2.75, 3.05) is 38.7 Å². The van der Waals surface area contributed by atoms with E-state index in [1.807, 2.05) is 6.92 Å². The molecule has 1 atom stereocenters. The van der Waals surface area contributed by atoms with Crippen LogP contribution < -0.4 is 4.90 Å². The summed E-state index contributed by atoms with van der Waals surface area (Å²) in [5.74, 6) is -0.289. The molecule has 0 spiro atoms. The van der Waals surface area contributed by atoms with Gasteiger partial charge in [-0.3, -0.25) is 4.90 Å². The van der Waals surface area contributed by atoms with Gasteiger partial charge in [-0.15, -0.1) is 0 Å². The second-order valence-electron chi connectivity index (χ2n) is 4.89. The van der Waals surface area contributed by atoms with Gasteiger partial charge in [-0.05, 0) is 20.4 Å². The number of carbonyl (C=O) groups is 1. The van der Waals surface area contributed by atoms with Crippen LogP contribution in [0.4, 0.5) is 5.13 Å². The first-order chi connectivity index (χ1) is 9.06. The lowest BCUT2D eigenvalue weighted by molar-refractivity contribution is 0.0605. The van der Waals surface area contributed by atoms with Crippen molar-refractivity contribution in [3.63, 3.8) is 0 Å². The fourth-order valence-corrected chi connectivity index (χ4v) is 3.38. The Kier molecular flexibility index (Phi) is 4.42. The number of methoxy groups -OCH3 is 1. The Morgan fingerprint density at radius 3 is 2.89 bits per heavy atom. The van der Waals surface area contributed by atoms with E-state index in [4.69, 9.17) is 4.74 Å². The van der Waals surface area contributed by atoms with Gasteiger partial charge in [0.1, 0.15) is 4.88 Å². The Labute approximate surface area is 118 Å². The molecule has 6 heteroatoms. The lowest BCUT2D eigenvalue weighted by Gasteiger charge is -2.39. The first-order valence-electron chi connectivity index (χ1n) is 6.57. The van der Waals surface area contributed by atoms with Crippen molar-refractivity contribution in [3.05, 3.63) is 10.6 Å². The maximum Gasteiger partial charge on any atom is 0.350 e. The van der Waals surface area contributed by atoms with Gasteiger partial charge in [0.15, 0.2) is 5.13 Å². The number of likely N-dealkylation sites (N-methyl/N-ethyl adjacent to an activating group) is 1. The molecule has 1 aliphatic heterocycles. The van der Waals surface area contributed by atoms with Gasteiger partial charge in [-0.2, -0.15) is 0 Å². The quantitative estimate of drug-likeness (QED) is 0.791. The molecule has 0 aliphatic carbocycles. The second kappa shape index (κ2) is 5.88. The standard InChI is InChI=1S/C13H21N3O2S/c1-5-10-8-16(7-6-15(10)3)13-14-9(2)11(19-13)12(17)18-4/h10H,5-8H2,1-4H3. The number of thiazole rings is 1. The number of nitrogens with zero attached hydrogens (tertiary/aromatic N) is 3. The maximum atomic E-state index is 11.6. The van der Waals surface area contributed by atoms with Gasteiger partial charge in [-0.25, -0.2) is 9.78 Å². The Bertz CT molecular complexity index is 461. The average Bonchev–Trinajstić information content (AvgIpc) is 2.80. The number of piperazine rings is 1. The van der Waals surface area contributed by atoms with Crippen molar-refractivity contribution in [3.8, 4) is 0 Å². The van der Waals surface area contributed by atoms with E-state index < -0.39 is 0 Å². The Balaban J connectivity index is 2.16. The van der Waals surface area contributed by atoms with Crippen molar-refractivity contribution >= 4 is 22.4 Å². The van der Waals surface area contributed by atoms with E-state index in [2.05, 4.69) is 28.8 Å². The molecule has 106 valence electrons. The normalized spacial score (nSPS) is 20.6. The molecule has 0 aromatic carbocycles. The van der Waals surface area contributed by atoms with Crippen LogP contribution in [-0.4, -0.2) is 55.7 Å². The molecule has 2 rings (SSSR count). The summed E-state index contributed by atoms with van der Waals surface area (Å²) in [5, 5.41) is 0.935. The van der Waals surface area contributed by atoms with E-state index in [0.29, 0.717) is 10.9 Å². The van der Waals surface area contributed by atoms with Crippen LogP contribution in [-0.2, 0) is 4.74 Å². The summed E-state index contributed by atoms with van der Waals surface area (Å²) in [4.78, 5) is 21.4. The van der Waals surface area contributed by atoms with Crippen LogP contribution in [0.3, 0.4) is 0 Å². The van der Waals surface area contributed by atoms with Crippen molar-refractivity contribution in [1.29, 1.82) is 0 Å². The number of rotatable bonds is 3. The molecule has 19 heavy (non-hydrogen) atoms. The monoisotopic (exact) mass is 283 g/mol. The topological polar surface area (TPSA) is 45.7 Å². The highest BCUT2D eigenvalue weighted by Gasteiger charge is 2.26. The van der Waals surface area contributed by atoms with Gasteiger partial charge in [-0.1, -0.05) is 18.3 Å². The maximum absolute atomic E-state index is 11.6. The summed E-state index contributed by atoms with van der Waals surface area (Å²) in [6, 6.07) is 0.555. The number of ether oxygens (including phenoxy) is 1. The highest BCUT2D eigenvalue weighted by Crippen LogP contribution is 2.28. The SMILES string of the molecule is CCC1CN(c2nc(C)c(C(=O)OC)s2)CCN1C. The van der Waals surface area contributed by atoms with E-state index in [1.165, 1.54) is 18.4 Å². The van der Waals surface area contributed by atoms with Crippen LogP contribution in [0, 0.1) is 6.92 Å². The molecule has 1 aromatic heterocycles. The molecule has 0 amide bonds. The summed E-state index contributed by atoms with van der Waals surface area (Å²) < 4.78 is 4.78. The zero-order valence-corrected chi connectivity index (χ0v) is 12.8. The van der Waals surface area contributed by atoms with E-state index in [1.54, 1.807) is 0 Å². The Morgan fingerprint density at radius 1 is 1.53 bits per heavy atom. The number of aromatic nitrogens is 1. The summed E-state index contributed by atoms with van der Waals surface area (Å²) in [6.07, 6.45) is 1.13. The number of esters is 1. The van der Waals surface area contributed by atoms with Gasteiger partial charge in [0.25, 0.3) is 0 Å². The Morgan fingerprint density at radius 2 is 2.26 bits per heavy atom. The molecule has 1 aliphatic rings. The van der Waals surface area contributed by atoms with Crippen LogP contribution >= 0.6 is 11.3 Å². The van der Waals surface area contributed by atoms with Gasteiger partial charge < -0.3 is 9.64 Å². The average molecular weight is 283 g/mol. The third kappa shape index (κ3) is 2.90.